The lowest BCUT2D eigenvalue weighted by molar-refractivity contribution is -0.186. The molecular formula is C20H27NO2. The van der Waals surface area contributed by atoms with Gasteiger partial charge in [-0.2, -0.15) is 0 Å². The monoisotopic (exact) mass is 313 g/mol. The van der Waals surface area contributed by atoms with Crippen LogP contribution in [0, 0.1) is 30.6 Å². The number of carbonyl (C=O) groups excluding carboxylic acids is 1. The minimum atomic E-state index is -0.133. The third-order valence-electron chi connectivity index (χ3n) is 6.82. The summed E-state index contributed by atoms with van der Waals surface area (Å²) in [6.45, 7) is 2.65. The third-order valence-corrected chi connectivity index (χ3v) is 6.82. The van der Waals surface area contributed by atoms with Crippen molar-refractivity contribution in [1.29, 1.82) is 0 Å². The molecular weight excluding hydrogens is 286 g/mol. The highest BCUT2D eigenvalue weighted by molar-refractivity contribution is 5.95. The maximum Gasteiger partial charge on any atom is 0.251 e. The molecule has 3 nitrogen and oxygen atoms in total. The van der Waals surface area contributed by atoms with Gasteiger partial charge in [0.15, 0.2) is 0 Å². The van der Waals surface area contributed by atoms with Crippen molar-refractivity contribution in [3.05, 3.63) is 35.4 Å². The largest absolute Gasteiger partial charge is 0.376 e. The second kappa shape index (κ2) is 5.62. The van der Waals surface area contributed by atoms with E-state index in [1.54, 1.807) is 0 Å². The predicted molar refractivity (Wildman–Crippen MR) is 90.3 cm³/mol. The minimum Gasteiger partial charge on any atom is -0.376 e. The highest BCUT2D eigenvalue weighted by Gasteiger charge is 2.57. The van der Waals surface area contributed by atoms with Gasteiger partial charge in [0.25, 0.3) is 5.91 Å². The van der Waals surface area contributed by atoms with Crippen LogP contribution in [0.3, 0.4) is 0 Å². The van der Waals surface area contributed by atoms with Crippen molar-refractivity contribution in [2.24, 2.45) is 23.7 Å². The number of amides is 1. The van der Waals surface area contributed by atoms with Gasteiger partial charge in [-0.05, 0) is 74.3 Å². The number of nitrogens with one attached hydrogen (secondary N) is 1. The zero-order chi connectivity index (χ0) is 16.0. The molecule has 0 radical (unpaired) electrons. The van der Waals surface area contributed by atoms with Gasteiger partial charge in [-0.3, -0.25) is 4.79 Å². The number of hydrogen-bond donors (Lipinski definition) is 1. The molecule has 4 aliphatic rings. The Hall–Kier alpha value is -1.35. The molecule has 0 unspecified atom stereocenters. The van der Waals surface area contributed by atoms with Crippen molar-refractivity contribution < 1.29 is 9.53 Å². The van der Waals surface area contributed by atoms with Crippen LogP contribution in [0.5, 0.6) is 0 Å². The van der Waals surface area contributed by atoms with Crippen LogP contribution in [0.15, 0.2) is 24.3 Å². The van der Waals surface area contributed by atoms with E-state index in [-0.39, 0.29) is 11.5 Å². The molecule has 0 atom stereocenters. The average molecular weight is 313 g/mol. The summed E-state index contributed by atoms with van der Waals surface area (Å²) in [6.07, 6.45) is 6.60. The fraction of sp³-hybridized carbons (Fsp3) is 0.650. The Kier molecular flexibility index (Phi) is 3.72. The SMILES string of the molecule is COC1(CNC(=O)c2ccccc2C)C2CC3CC(C2)CC1C3. The Morgan fingerprint density at radius 1 is 1.13 bits per heavy atom. The van der Waals surface area contributed by atoms with Crippen molar-refractivity contribution in [2.75, 3.05) is 13.7 Å². The van der Waals surface area contributed by atoms with E-state index in [1.807, 2.05) is 38.3 Å². The summed E-state index contributed by atoms with van der Waals surface area (Å²) in [5.41, 5.74) is 1.68. The van der Waals surface area contributed by atoms with E-state index in [0.717, 1.165) is 23.0 Å². The summed E-state index contributed by atoms with van der Waals surface area (Å²) in [5.74, 6) is 3.11. The smallest absolute Gasteiger partial charge is 0.251 e. The van der Waals surface area contributed by atoms with E-state index in [9.17, 15) is 4.79 Å². The quantitative estimate of drug-likeness (QED) is 0.923. The lowest BCUT2D eigenvalue weighted by Crippen LogP contribution is -2.63. The fourth-order valence-electron chi connectivity index (χ4n) is 5.82. The number of methoxy groups -OCH3 is 1. The van der Waals surface area contributed by atoms with E-state index in [0.29, 0.717) is 18.4 Å². The van der Waals surface area contributed by atoms with Crippen molar-refractivity contribution in [3.8, 4) is 0 Å². The number of ether oxygens (including phenoxy) is 1. The highest BCUT2D eigenvalue weighted by Crippen LogP contribution is 2.59. The second-order valence-electron chi connectivity index (χ2n) is 7.96. The maximum atomic E-state index is 12.6. The van der Waals surface area contributed by atoms with Crippen LogP contribution in [0.1, 0.15) is 48.0 Å². The summed E-state index contributed by atoms with van der Waals surface area (Å²) in [4.78, 5) is 12.6. The molecule has 1 amide bonds. The molecule has 0 aromatic heterocycles. The summed E-state index contributed by atoms with van der Waals surface area (Å²) in [5, 5.41) is 3.20. The van der Waals surface area contributed by atoms with Gasteiger partial charge in [0.1, 0.15) is 0 Å². The van der Waals surface area contributed by atoms with Crippen LogP contribution in [0.2, 0.25) is 0 Å². The lowest BCUT2D eigenvalue weighted by Gasteiger charge is -2.60. The van der Waals surface area contributed by atoms with E-state index in [2.05, 4.69) is 5.32 Å². The number of carbonyl (C=O) groups is 1. The van der Waals surface area contributed by atoms with E-state index in [4.69, 9.17) is 4.74 Å². The van der Waals surface area contributed by atoms with Crippen LogP contribution >= 0.6 is 0 Å². The zero-order valence-corrected chi connectivity index (χ0v) is 14.2. The van der Waals surface area contributed by atoms with Crippen LogP contribution in [-0.2, 0) is 4.74 Å². The standard InChI is InChI=1S/C20H27NO2/c1-13-5-3-4-6-18(13)19(22)21-12-20(23-2)16-8-14-7-15(10-16)11-17(20)9-14/h3-6,14-17H,7-12H2,1-2H3,(H,21,22). The van der Waals surface area contributed by atoms with Crippen molar-refractivity contribution in [3.63, 3.8) is 0 Å². The molecule has 0 heterocycles. The highest BCUT2D eigenvalue weighted by atomic mass is 16.5. The molecule has 0 saturated heterocycles. The summed E-state index contributed by atoms with van der Waals surface area (Å²) in [6, 6.07) is 7.79. The Labute approximate surface area is 138 Å². The lowest BCUT2D eigenvalue weighted by atomic mass is 9.49. The van der Waals surface area contributed by atoms with Gasteiger partial charge in [0.2, 0.25) is 0 Å². The first-order chi connectivity index (χ1) is 11.1. The molecule has 5 rings (SSSR count). The Balaban J connectivity index is 1.51. The molecule has 4 aliphatic carbocycles. The molecule has 1 aromatic carbocycles. The first kappa shape index (κ1) is 15.2. The molecule has 23 heavy (non-hydrogen) atoms. The van der Waals surface area contributed by atoms with Crippen LogP contribution < -0.4 is 5.32 Å². The molecule has 0 spiro atoms. The molecule has 4 fully saturated rings. The Bertz CT molecular complexity index is 581. The van der Waals surface area contributed by atoms with Gasteiger partial charge in [-0.15, -0.1) is 0 Å². The predicted octanol–water partition coefficient (Wildman–Crippen LogP) is 3.57. The number of hydrogen-bond acceptors (Lipinski definition) is 2. The second-order valence-corrected chi connectivity index (χ2v) is 7.96. The van der Waals surface area contributed by atoms with Crippen LogP contribution in [-0.4, -0.2) is 25.2 Å². The third kappa shape index (κ3) is 2.40. The molecule has 3 heteroatoms. The van der Waals surface area contributed by atoms with Gasteiger partial charge in [0, 0.05) is 19.2 Å². The molecule has 4 saturated carbocycles. The molecule has 4 bridgehead atoms. The van der Waals surface area contributed by atoms with Gasteiger partial charge in [0.05, 0.1) is 5.60 Å². The van der Waals surface area contributed by atoms with E-state index < -0.39 is 0 Å². The summed E-state index contributed by atoms with van der Waals surface area (Å²) in [7, 11) is 1.85. The Morgan fingerprint density at radius 2 is 1.74 bits per heavy atom. The van der Waals surface area contributed by atoms with Gasteiger partial charge < -0.3 is 10.1 Å². The molecule has 124 valence electrons. The van der Waals surface area contributed by atoms with Crippen LogP contribution in [0.4, 0.5) is 0 Å². The van der Waals surface area contributed by atoms with Crippen molar-refractivity contribution in [1.82, 2.24) is 5.32 Å². The summed E-state index contributed by atoms with van der Waals surface area (Å²) < 4.78 is 6.12. The fourth-order valence-corrected chi connectivity index (χ4v) is 5.82. The van der Waals surface area contributed by atoms with E-state index in [1.165, 1.54) is 32.1 Å². The molecule has 0 aliphatic heterocycles. The van der Waals surface area contributed by atoms with Gasteiger partial charge in [-0.1, -0.05) is 18.2 Å². The van der Waals surface area contributed by atoms with Gasteiger partial charge >= 0.3 is 0 Å². The zero-order valence-electron chi connectivity index (χ0n) is 14.2. The van der Waals surface area contributed by atoms with Crippen molar-refractivity contribution >= 4 is 5.91 Å². The summed E-state index contributed by atoms with van der Waals surface area (Å²) >= 11 is 0. The number of benzene rings is 1. The van der Waals surface area contributed by atoms with Crippen molar-refractivity contribution in [2.45, 2.75) is 44.6 Å². The first-order valence-corrected chi connectivity index (χ1v) is 9.01. The van der Waals surface area contributed by atoms with Crippen LogP contribution in [0.25, 0.3) is 0 Å². The first-order valence-electron chi connectivity index (χ1n) is 9.01. The normalized spacial score (nSPS) is 37.8. The Morgan fingerprint density at radius 3 is 2.30 bits per heavy atom. The van der Waals surface area contributed by atoms with Gasteiger partial charge in [-0.25, -0.2) is 0 Å². The minimum absolute atomic E-state index is 0.0355. The number of aryl methyl sites for hydroxylation is 1. The maximum absolute atomic E-state index is 12.6. The van der Waals surface area contributed by atoms with E-state index >= 15 is 0 Å². The number of rotatable bonds is 4. The molecule has 1 N–H and O–H groups in total. The molecule has 1 aromatic rings. The average Bonchev–Trinajstić information content (AvgIpc) is 2.54. The topological polar surface area (TPSA) is 38.3 Å².